The van der Waals surface area contributed by atoms with Crippen molar-refractivity contribution in [3.63, 3.8) is 0 Å². The number of nitrogens with one attached hydrogen (secondary N) is 2. The molecule has 0 radical (unpaired) electrons. The van der Waals surface area contributed by atoms with Crippen molar-refractivity contribution < 1.29 is 14.3 Å². The average molecular weight is 374 g/mol. The van der Waals surface area contributed by atoms with Crippen LogP contribution in [0.15, 0.2) is 48.5 Å². The molecule has 0 spiro atoms. The van der Waals surface area contributed by atoms with E-state index in [9.17, 15) is 9.59 Å². The molecular formula is C19H20ClN3O3. The first-order valence-corrected chi connectivity index (χ1v) is 8.85. The van der Waals surface area contributed by atoms with Gasteiger partial charge in [-0.15, -0.1) is 0 Å². The van der Waals surface area contributed by atoms with E-state index in [1.165, 1.54) is 0 Å². The van der Waals surface area contributed by atoms with Gasteiger partial charge in [-0.1, -0.05) is 29.8 Å². The minimum atomic E-state index is -0.488. The van der Waals surface area contributed by atoms with Gasteiger partial charge in [-0.05, 0) is 43.2 Å². The van der Waals surface area contributed by atoms with Gasteiger partial charge in [-0.25, -0.2) is 4.79 Å². The second kappa shape index (κ2) is 8.58. The summed E-state index contributed by atoms with van der Waals surface area (Å²) in [4.78, 5) is 25.9. The molecule has 136 valence electrons. The first-order chi connectivity index (χ1) is 12.6. The Balaban J connectivity index is 1.61. The predicted molar refractivity (Wildman–Crippen MR) is 101 cm³/mol. The van der Waals surface area contributed by atoms with Crippen LogP contribution in [-0.4, -0.2) is 36.5 Å². The summed E-state index contributed by atoms with van der Waals surface area (Å²) in [5.41, 5.74) is 0.424. The van der Waals surface area contributed by atoms with E-state index < -0.39 is 6.03 Å². The summed E-state index contributed by atoms with van der Waals surface area (Å²) in [7, 11) is 0. The van der Waals surface area contributed by atoms with E-state index in [1.807, 2.05) is 30.3 Å². The fourth-order valence-electron chi connectivity index (χ4n) is 2.71. The number of nitrogens with zero attached hydrogens (tertiary/aromatic N) is 1. The van der Waals surface area contributed by atoms with Crippen molar-refractivity contribution in [2.45, 2.75) is 12.8 Å². The highest BCUT2D eigenvalue weighted by Gasteiger charge is 2.18. The van der Waals surface area contributed by atoms with E-state index >= 15 is 0 Å². The Morgan fingerprint density at radius 3 is 2.54 bits per heavy atom. The smallest absolute Gasteiger partial charge is 0.319 e. The third-order valence-corrected chi connectivity index (χ3v) is 4.25. The summed E-state index contributed by atoms with van der Waals surface area (Å²) in [6.45, 7) is 1.47. The molecule has 1 aliphatic rings. The Hall–Kier alpha value is -2.73. The lowest BCUT2D eigenvalue weighted by atomic mass is 10.3. The monoisotopic (exact) mass is 373 g/mol. The highest BCUT2D eigenvalue weighted by atomic mass is 35.5. The van der Waals surface area contributed by atoms with Gasteiger partial charge < -0.3 is 20.3 Å². The van der Waals surface area contributed by atoms with Gasteiger partial charge in [0.2, 0.25) is 5.91 Å². The molecule has 2 aromatic rings. The topological polar surface area (TPSA) is 70.7 Å². The summed E-state index contributed by atoms with van der Waals surface area (Å²) >= 11 is 6.03. The first-order valence-electron chi connectivity index (χ1n) is 8.47. The zero-order chi connectivity index (χ0) is 18.4. The molecule has 0 saturated carbocycles. The Kier molecular flexibility index (Phi) is 5.96. The van der Waals surface area contributed by atoms with Gasteiger partial charge in [-0.3, -0.25) is 4.79 Å². The number of carbonyl (C=O) groups excluding carboxylic acids is 2. The van der Waals surface area contributed by atoms with Gasteiger partial charge in [0.05, 0.1) is 12.2 Å². The minimum Gasteiger partial charge on any atom is -0.455 e. The molecular weight excluding hydrogens is 354 g/mol. The number of anilines is 1. The Bertz CT molecular complexity index is 777. The maximum absolute atomic E-state index is 12.2. The molecule has 6 nitrogen and oxygen atoms in total. The van der Waals surface area contributed by atoms with E-state index in [0.29, 0.717) is 22.2 Å². The van der Waals surface area contributed by atoms with Gasteiger partial charge in [0.1, 0.15) is 5.75 Å². The first kappa shape index (κ1) is 18.1. The van der Waals surface area contributed by atoms with Crippen molar-refractivity contribution in [1.82, 2.24) is 10.2 Å². The van der Waals surface area contributed by atoms with Crippen molar-refractivity contribution in [1.29, 1.82) is 0 Å². The van der Waals surface area contributed by atoms with Crippen LogP contribution in [0.4, 0.5) is 10.5 Å². The number of hydrogen-bond donors (Lipinski definition) is 2. The number of para-hydroxylation sites is 1. The number of carbonyl (C=O) groups is 2. The molecule has 26 heavy (non-hydrogen) atoms. The lowest BCUT2D eigenvalue weighted by molar-refractivity contribution is -0.128. The number of halogens is 1. The molecule has 3 amide bonds. The summed E-state index contributed by atoms with van der Waals surface area (Å²) in [6.07, 6.45) is 2.03. The third-order valence-electron chi connectivity index (χ3n) is 4.02. The zero-order valence-electron chi connectivity index (χ0n) is 14.2. The van der Waals surface area contributed by atoms with Crippen molar-refractivity contribution in [3.8, 4) is 11.5 Å². The van der Waals surface area contributed by atoms with Crippen LogP contribution in [0.2, 0.25) is 5.02 Å². The van der Waals surface area contributed by atoms with Gasteiger partial charge in [0, 0.05) is 18.1 Å². The molecule has 0 aliphatic carbocycles. The SMILES string of the molecule is O=C(NCC(=O)N1CCCC1)Nc1cc(Cl)ccc1Oc1ccccc1. The van der Waals surface area contributed by atoms with E-state index in [0.717, 1.165) is 25.9 Å². The van der Waals surface area contributed by atoms with Crippen molar-refractivity contribution in [2.24, 2.45) is 0 Å². The largest absolute Gasteiger partial charge is 0.455 e. The van der Waals surface area contributed by atoms with Gasteiger partial charge in [-0.2, -0.15) is 0 Å². The second-order valence-electron chi connectivity index (χ2n) is 5.95. The van der Waals surface area contributed by atoms with Crippen LogP contribution in [-0.2, 0) is 4.79 Å². The number of ether oxygens (including phenoxy) is 1. The van der Waals surface area contributed by atoms with Crippen LogP contribution in [0.5, 0.6) is 11.5 Å². The summed E-state index contributed by atoms with van der Waals surface area (Å²) < 4.78 is 5.80. The number of urea groups is 1. The number of rotatable bonds is 5. The predicted octanol–water partition coefficient (Wildman–Crippen LogP) is 3.88. The highest BCUT2D eigenvalue weighted by Crippen LogP contribution is 2.31. The molecule has 1 fully saturated rings. The van der Waals surface area contributed by atoms with E-state index in [4.69, 9.17) is 16.3 Å². The molecule has 2 aromatic carbocycles. The molecule has 3 rings (SSSR count). The standard InChI is InChI=1S/C19H20ClN3O3/c20-14-8-9-17(26-15-6-2-1-3-7-15)16(12-14)22-19(25)21-13-18(24)23-10-4-5-11-23/h1-3,6-9,12H,4-5,10-11,13H2,(H2,21,22,25). The lowest BCUT2D eigenvalue weighted by Crippen LogP contribution is -2.40. The number of benzene rings is 2. The van der Waals surface area contributed by atoms with Crippen LogP contribution in [0, 0.1) is 0 Å². The Labute approximate surface area is 157 Å². The minimum absolute atomic E-state index is 0.0404. The maximum Gasteiger partial charge on any atom is 0.319 e. The fraction of sp³-hybridized carbons (Fsp3) is 0.263. The van der Waals surface area contributed by atoms with Gasteiger partial charge in [0.15, 0.2) is 5.75 Å². The van der Waals surface area contributed by atoms with E-state index in [2.05, 4.69) is 10.6 Å². The molecule has 7 heteroatoms. The van der Waals surface area contributed by atoms with Crippen LogP contribution < -0.4 is 15.4 Å². The third kappa shape index (κ3) is 4.89. The van der Waals surface area contributed by atoms with Crippen LogP contribution in [0.3, 0.4) is 0 Å². The number of likely N-dealkylation sites (tertiary alicyclic amines) is 1. The summed E-state index contributed by atoms with van der Waals surface area (Å²) in [6, 6.07) is 13.7. The normalized spacial score (nSPS) is 13.3. The highest BCUT2D eigenvalue weighted by molar-refractivity contribution is 6.31. The molecule has 0 aromatic heterocycles. The molecule has 0 bridgehead atoms. The quantitative estimate of drug-likeness (QED) is 0.835. The van der Waals surface area contributed by atoms with Crippen molar-refractivity contribution >= 4 is 29.2 Å². The summed E-state index contributed by atoms with van der Waals surface area (Å²) in [5.74, 6) is 1.02. The number of amides is 3. The van der Waals surface area contributed by atoms with Crippen LogP contribution in [0.1, 0.15) is 12.8 Å². The van der Waals surface area contributed by atoms with Crippen molar-refractivity contribution in [3.05, 3.63) is 53.6 Å². The molecule has 1 saturated heterocycles. The van der Waals surface area contributed by atoms with E-state index in [-0.39, 0.29) is 12.5 Å². The zero-order valence-corrected chi connectivity index (χ0v) is 15.0. The van der Waals surface area contributed by atoms with Crippen LogP contribution in [0.25, 0.3) is 0 Å². The van der Waals surface area contributed by atoms with Gasteiger partial charge in [0.25, 0.3) is 0 Å². The average Bonchev–Trinajstić information content (AvgIpc) is 3.18. The molecule has 0 unspecified atom stereocenters. The fourth-order valence-corrected chi connectivity index (χ4v) is 2.88. The van der Waals surface area contributed by atoms with Gasteiger partial charge >= 0.3 is 6.03 Å². The molecule has 2 N–H and O–H groups in total. The number of hydrogen-bond acceptors (Lipinski definition) is 3. The second-order valence-corrected chi connectivity index (χ2v) is 6.39. The Morgan fingerprint density at radius 2 is 1.81 bits per heavy atom. The van der Waals surface area contributed by atoms with Crippen molar-refractivity contribution in [2.75, 3.05) is 25.0 Å². The lowest BCUT2D eigenvalue weighted by Gasteiger charge is -2.16. The Morgan fingerprint density at radius 1 is 1.08 bits per heavy atom. The summed E-state index contributed by atoms with van der Waals surface area (Å²) in [5, 5.41) is 5.73. The van der Waals surface area contributed by atoms with E-state index in [1.54, 1.807) is 23.1 Å². The molecule has 1 aliphatic heterocycles. The van der Waals surface area contributed by atoms with Crippen LogP contribution >= 0.6 is 11.6 Å². The molecule has 0 atom stereocenters. The molecule has 1 heterocycles. The maximum atomic E-state index is 12.2.